The number of hydrogen-bond donors (Lipinski definition) is 0. The molecule has 0 aliphatic carbocycles. The second kappa shape index (κ2) is 8.99. The molecule has 98 valence electrons. The lowest BCUT2D eigenvalue weighted by atomic mass is 10.2. The fraction of sp³-hybridized carbons (Fsp3) is 0.818. The number of sulfone groups is 1. The first kappa shape index (κ1) is 15.9. The summed E-state index contributed by atoms with van der Waals surface area (Å²) in [5.74, 6) is -1.63. The van der Waals surface area contributed by atoms with Crippen molar-refractivity contribution in [3.8, 4) is 6.07 Å². The van der Waals surface area contributed by atoms with Crippen molar-refractivity contribution < 1.29 is 17.9 Å². The Morgan fingerprint density at radius 2 is 2.00 bits per heavy atom. The van der Waals surface area contributed by atoms with Gasteiger partial charge in [-0.1, -0.05) is 26.2 Å². The van der Waals surface area contributed by atoms with Gasteiger partial charge in [0.1, 0.15) is 5.75 Å². The van der Waals surface area contributed by atoms with Gasteiger partial charge in [0, 0.05) is 6.42 Å². The lowest BCUT2D eigenvalue weighted by Gasteiger charge is -2.04. The summed E-state index contributed by atoms with van der Waals surface area (Å²) in [6, 6.07) is 1.73. The lowest BCUT2D eigenvalue weighted by molar-refractivity contribution is -0.140. The van der Waals surface area contributed by atoms with Crippen LogP contribution in [0.15, 0.2) is 0 Å². The van der Waals surface area contributed by atoms with Crippen LogP contribution in [0.5, 0.6) is 0 Å². The second-order valence-electron chi connectivity index (χ2n) is 3.78. The van der Waals surface area contributed by atoms with Crippen LogP contribution in [-0.4, -0.2) is 32.5 Å². The number of rotatable bonds is 9. The summed E-state index contributed by atoms with van der Waals surface area (Å²) < 4.78 is 27.4. The molecule has 17 heavy (non-hydrogen) atoms. The summed E-state index contributed by atoms with van der Waals surface area (Å²) in [6.45, 7) is 2.35. The van der Waals surface area contributed by atoms with E-state index in [9.17, 15) is 13.2 Å². The van der Waals surface area contributed by atoms with E-state index in [1.54, 1.807) is 6.07 Å². The van der Waals surface area contributed by atoms with Gasteiger partial charge in [0.05, 0.1) is 18.4 Å². The number of hydrogen-bond acceptors (Lipinski definition) is 5. The summed E-state index contributed by atoms with van der Waals surface area (Å²) in [5, 5.41) is 8.26. The van der Waals surface area contributed by atoms with Gasteiger partial charge in [0.25, 0.3) is 0 Å². The van der Waals surface area contributed by atoms with Gasteiger partial charge >= 0.3 is 5.97 Å². The maximum absolute atomic E-state index is 11.3. The maximum Gasteiger partial charge on any atom is 0.321 e. The Kier molecular flexibility index (Phi) is 8.42. The van der Waals surface area contributed by atoms with Gasteiger partial charge in [0.15, 0.2) is 9.84 Å². The van der Waals surface area contributed by atoms with Crippen molar-refractivity contribution in [2.75, 3.05) is 18.1 Å². The van der Waals surface area contributed by atoms with Crippen molar-refractivity contribution in [3.63, 3.8) is 0 Å². The number of nitrogens with zero attached hydrogens (tertiary/aromatic N) is 1. The van der Waals surface area contributed by atoms with Crippen LogP contribution in [0.2, 0.25) is 0 Å². The topological polar surface area (TPSA) is 84.2 Å². The van der Waals surface area contributed by atoms with Gasteiger partial charge in [-0.15, -0.1) is 0 Å². The highest BCUT2D eigenvalue weighted by molar-refractivity contribution is 7.92. The van der Waals surface area contributed by atoms with Gasteiger partial charge in [-0.3, -0.25) is 4.79 Å². The zero-order chi connectivity index (χ0) is 13.1. The van der Waals surface area contributed by atoms with Crippen LogP contribution in [0.4, 0.5) is 0 Å². The Labute approximate surface area is 103 Å². The van der Waals surface area contributed by atoms with Crippen LogP contribution < -0.4 is 0 Å². The summed E-state index contributed by atoms with van der Waals surface area (Å²) in [6.07, 6.45) is 3.82. The van der Waals surface area contributed by atoms with E-state index in [0.717, 1.165) is 25.7 Å². The number of esters is 1. The molecule has 0 unspecified atom stereocenters. The van der Waals surface area contributed by atoms with E-state index in [1.807, 2.05) is 0 Å². The molecule has 6 heteroatoms. The highest BCUT2D eigenvalue weighted by Crippen LogP contribution is 2.00. The van der Waals surface area contributed by atoms with Crippen LogP contribution in [0.25, 0.3) is 0 Å². The fourth-order valence-electron chi connectivity index (χ4n) is 1.21. The normalized spacial score (nSPS) is 10.8. The molecule has 0 rings (SSSR count). The van der Waals surface area contributed by atoms with E-state index >= 15 is 0 Å². The molecule has 0 aromatic heterocycles. The van der Waals surface area contributed by atoms with Gasteiger partial charge in [0.2, 0.25) is 0 Å². The molecule has 0 spiro atoms. The molecule has 0 aromatic carbocycles. The Bertz CT molecular complexity index is 356. The van der Waals surface area contributed by atoms with Crippen LogP contribution in [0, 0.1) is 11.3 Å². The molecule has 0 saturated heterocycles. The molecule has 0 aromatic rings. The quantitative estimate of drug-likeness (QED) is 0.463. The maximum atomic E-state index is 11.3. The van der Waals surface area contributed by atoms with Crippen molar-refractivity contribution >= 4 is 15.8 Å². The molecule has 0 radical (unpaired) electrons. The zero-order valence-corrected chi connectivity index (χ0v) is 11.0. The first-order valence-electron chi connectivity index (χ1n) is 5.75. The van der Waals surface area contributed by atoms with Gasteiger partial charge in [-0.05, 0) is 6.42 Å². The number of unbranched alkanes of at least 4 members (excludes halogenated alkanes) is 3. The number of nitriles is 1. The van der Waals surface area contributed by atoms with E-state index in [4.69, 9.17) is 10.00 Å². The molecule has 0 heterocycles. The average molecular weight is 261 g/mol. The van der Waals surface area contributed by atoms with Crippen molar-refractivity contribution in [2.24, 2.45) is 0 Å². The van der Waals surface area contributed by atoms with E-state index in [1.165, 1.54) is 0 Å². The van der Waals surface area contributed by atoms with Crippen LogP contribution in [0.1, 0.15) is 39.0 Å². The van der Waals surface area contributed by atoms with Crippen molar-refractivity contribution in [1.82, 2.24) is 0 Å². The van der Waals surface area contributed by atoms with Crippen molar-refractivity contribution in [2.45, 2.75) is 39.0 Å². The third-order valence-electron chi connectivity index (χ3n) is 2.12. The molecule has 0 amide bonds. The van der Waals surface area contributed by atoms with E-state index in [0.29, 0.717) is 0 Å². The molecule has 0 aliphatic rings. The summed E-state index contributed by atoms with van der Waals surface area (Å²) in [5.41, 5.74) is 0. The molecule has 0 fully saturated rings. The van der Waals surface area contributed by atoms with Gasteiger partial charge < -0.3 is 4.74 Å². The molecular weight excluding hydrogens is 242 g/mol. The molecule has 5 nitrogen and oxygen atoms in total. The molecule has 0 atom stereocenters. The molecule has 0 saturated carbocycles. The minimum Gasteiger partial charge on any atom is -0.465 e. The van der Waals surface area contributed by atoms with Gasteiger partial charge in [-0.25, -0.2) is 8.42 Å². The summed E-state index contributed by atoms with van der Waals surface area (Å²) in [7, 11) is -3.49. The van der Waals surface area contributed by atoms with E-state index in [2.05, 4.69) is 6.92 Å². The Morgan fingerprint density at radius 3 is 2.59 bits per heavy atom. The van der Waals surface area contributed by atoms with Gasteiger partial charge in [-0.2, -0.15) is 5.26 Å². The predicted octanol–water partition coefficient (Wildman–Crippen LogP) is 1.44. The average Bonchev–Trinajstić information content (AvgIpc) is 2.25. The molecule has 0 N–H and O–H groups in total. The Balaban J connectivity index is 3.75. The largest absolute Gasteiger partial charge is 0.465 e. The SMILES string of the molecule is CCCCCCOC(=O)CS(=O)(=O)CCC#N. The lowest BCUT2D eigenvalue weighted by Crippen LogP contribution is -2.21. The first-order chi connectivity index (χ1) is 8.02. The van der Waals surface area contributed by atoms with Crippen LogP contribution in [0.3, 0.4) is 0 Å². The standard InChI is InChI=1S/C11H19NO4S/c1-2-3-4-5-8-16-11(13)10-17(14,15)9-6-7-12/h2-6,8-10H2,1H3. The fourth-order valence-corrected chi connectivity index (χ4v) is 2.20. The Morgan fingerprint density at radius 1 is 1.29 bits per heavy atom. The number of carbonyl (C=O) groups is 1. The number of carbonyl (C=O) groups excluding carboxylic acids is 1. The van der Waals surface area contributed by atoms with Crippen molar-refractivity contribution in [3.05, 3.63) is 0 Å². The molecular formula is C11H19NO4S. The summed E-state index contributed by atoms with van der Waals surface area (Å²) in [4.78, 5) is 11.2. The van der Waals surface area contributed by atoms with Crippen molar-refractivity contribution in [1.29, 1.82) is 5.26 Å². The number of ether oxygens (including phenoxy) is 1. The molecule has 0 bridgehead atoms. The minimum absolute atomic E-state index is 0.0912. The Hall–Kier alpha value is -1.09. The van der Waals surface area contributed by atoms with E-state index in [-0.39, 0.29) is 18.8 Å². The second-order valence-corrected chi connectivity index (χ2v) is 5.97. The highest BCUT2D eigenvalue weighted by Gasteiger charge is 2.17. The zero-order valence-electron chi connectivity index (χ0n) is 10.1. The minimum atomic E-state index is -3.49. The summed E-state index contributed by atoms with van der Waals surface area (Å²) >= 11 is 0. The first-order valence-corrected chi connectivity index (χ1v) is 7.57. The third kappa shape index (κ3) is 9.82. The highest BCUT2D eigenvalue weighted by atomic mass is 32.2. The smallest absolute Gasteiger partial charge is 0.321 e. The van der Waals surface area contributed by atoms with Crippen LogP contribution >= 0.6 is 0 Å². The monoisotopic (exact) mass is 261 g/mol. The predicted molar refractivity (Wildman–Crippen MR) is 64.0 cm³/mol. The molecule has 0 aliphatic heterocycles. The van der Waals surface area contributed by atoms with E-state index < -0.39 is 21.6 Å². The third-order valence-corrected chi connectivity index (χ3v) is 3.63. The van der Waals surface area contributed by atoms with Crippen LogP contribution in [-0.2, 0) is 19.4 Å².